The predicted molar refractivity (Wildman–Crippen MR) is 116 cm³/mol. The van der Waals surface area contributed by atoms with E-state index in [0.29, 0.717) is 0 Å². The van der Waals surface area contributed by atoms with Crippen molar-refractivity contribution < 1.29 is 0 Å². The molecular weight excluding hydrogens is 324 g/mol. The van der Waals surface area contributed by atoms with Gasteiger partial charge in [0.05, 0.1) is 0 Å². The first-order chi connectivity index (χ1) is 12.9. The molecule has 0 aliphatic heterocycles. The second kappa shape index (κ2) is 6.39. The zero-order valence-corrected chi connectivity index (χ0v) is 16.5. The number of fused-ring (bicyclic) bond motifs is 2. The lowest BCUT2D eigenvalue weighted by Gasteiger charge is -2.40. The first-order valence-electron chi connectivity index (χ1n) is 9.56. The van der Waals surface area contributed by atoms with Crippen molar-refractivity contribution in [2.75, 3.05) is 0 Å². The second-order valence-corrected chi connectivity index (χ2v) is 7.90. The van der Waals surface area contributed by atoms with Gasteiger partial charge >= 0.3 is 0 Å². The zero-order chi connectivity index (χ0) is 19.2. The maximum Gasteiger partial charge on any atom is 0.0435 e. The highest BCUT2D eigenvalue weighted by Gasteiger charge is 2.39. The van der Waals surface area contributed by atoms with E-state index in [1.54, 1.807) is 0 Å². The Labute approximate surface area is 162 Å². The summed E-state index contributed by atoms with van der Waals surface area (Å²) in [6, 6.07) is 22.5. The smallest absolute Gasteiger partial charge is 0.0435 e. The van der Waals surface area contributed by atoms with Crippen LogP contribution in [0.4, 0.5) is 0 Å². The number of hydrogen-bond acceptors (Lipinski definition) is 0. The molecule has 1 unspecified atom stereocenters. The molecule has 134 valence electrons. The Morgan fingerprint density at radius 2 is 1.48 bits per heavy atom. The fraction of sp³-hybridized carbons (Fsp3) is 0.185. The average Bonchev–Trinajstić information content (AvgIpc) is 2.67. The summed E-state index contributed by atoms with van der Waals surface area (Å²) in [4.78, 5) is 0. The van der Waals surface area contributed by atoms with Crippen molar-refractivity contribution in [1.29, 1.82) is 0 Å². The van der Waals surface area contributed by atoms with Crippen molar-refractivity contribution in [1.82, 2.24) is 0 Å². The summed E-state index contributed by atoms with van der Waals surface area (Å²) >= 11 is 0. The number of hydrogen-bond donors (Lipinski definition) is 0. The van der Waals surface area contributed by atoms with Gasteiger partial charge in [0.15, 0.2) is 0 Å². The number of benzene rings is 3. The van der Waals surface area contributed by atoms with Crippen molar-refractivity contribution in [3.63, 3.8) is 0 Å². The third-order valence-electron chi connectivity index (χ3n) is 6.04. The lowest BCUT2D eigenvalue weighted by Crippen LogP contribution is -2.32. The van der Waals surface area contributed by atoms with E-state index in [9.17, 15) is 0 Å². The molecule has 0 aromatic heterocycles. The maximum atomic E-state index is 4.28. The van der Waals surface area contributed by atoms with Gasteiger partial charge < -0.3 is 0 Å². The highest BCUT2D eigenvalue weighted by atomic mass is 14.4. The predicted octanol–water partition coefficient (Wildman–Crippen LogP) is 6.76. The Morgan fingerprint density at radius 1 is 0.852 bits per heavy atom. The Kier molecular flexibility index (Phi) is 4.15. The molecule has 0 heterocycles. The SMILES string of the molecule is C=CC(=C)c1cc(C)ccc1C1(C)c2ccccc2Cc2cc(C)ccc21. The summed E-state index contributed by atoms with van der Waals surface area (Å²) < 4.78 is 0. The Bertz CT molecular complexity index is 1070. The van der Waals surface area contributed by atoms with Crippen molar-refractivity contribution in [3.05, 3.63) is 124 Å². The van der Waals surface area contributed by atoms with Crippen LogP contribution in [0.2, 0.25) is 0 Å². The van der Waals surface area contributed by atoms with Crippen LogP contribution in [0.5, 0.6) is 0 Å². The molecule has 0 N–H and O–H groups in total. The van der Waals surface area contributed by atoms with E-state index < -0.39 is 0 Å². The quantitative estimate of drug-likeness (QED) is 0.458. The first kappa shape index (κ1) is 17.5. The van der Waals surface area contributed by atoms with E-state index in [1.165, 1.54) is 44.5 Å². The number of aryl methyl sites for hydroxylation is 2. The molecule has 0 saturated carbocycles. The number of allylic oxidation sites excluding steroid dienone is 2. The maximum absolute atomic E-state index is 4.28. The van der Waals surface area contributed by atoms with E-state index in [1.807, 2.05) is 6.08 Å². The number of rotatable bonds is 3. The van der Waals surface area contributed by atoms with E-state index in [2.05, 4.69) is 94.6 Å². The average molecular weight is 351 g/mol. The molecule has 0 bridgehead atoms. The third kappa shape index (κ3) is 2.68. The van der Waals surface area contributed by atoms with Gasteiger partial charge in [0.2, 0.25) is 0 Å². The van der Waals surface area contributed by atoms with E-state index >= 15 is 0 Å². The molecule has 1 atom stereocenters. The molecule has 4 rings (SSSR count). The van der Waals surface area contributed by atoms with Crippen LogP contribution < -0.4 is 0 Å². The standard InChI is InChI=1S/C27H26/c1-6-20(4)23-16-19(3)12-14-26(23)27(5)24-10-8-7-9-21(24)17-22-15-18(2)11-13-25(22)27/h6-16H,1,4,17H2,2-3,5H3. The lowest BCUT2D eigenvalue weighted by atomic mass is 9.62. The van der Waals surface area contributed by atoms with Crippen LogP contribution in [0.1, 0.15) is 51.4 Å². The minimum absolute atomic E-state index is 0.215. The molecule has 3 aromatic carbocycles. The highest BCUT2D eigenvalue weighted by molar-refractivity contribution is 5.77. The normalized spacial score (nSPS) is 17.7. The molecule has 0 amide bonds. The van der Waals surface area contributed by atoms with Crippen LogP contribution in [-0.2, 0) is 11.8 Å². The Balaban J connectivity index is 2.09. The summed E-state index contributed by atoms with van der Waals surface area (Å²) in [6.07, 6.45) is 2.86. The van der Waals surface area contributed by atoms with Gasteiger partial charge in [0, 0.05) is 5.41 Å². The molecule has 27 heavy (non-hydrogen) atoms. The highest BCUT2D eigenvalue weighted by Crippen LogP contribution is 2.48. The molecule has 1 aliphatic carbocycles. The summed E-state index contributed by atoms with van der Waals surface area (Å²) in [5.41, 5.74) is 11.4. The fourth-order valence-electron chi connectivity index (χ4n) is 4.63. The van der Waals surface area contributed by atoms with Crippen molar-refractivity contribution in [2.45, 2.75) is 32.6 Å². The molecule has 0 saturated heterocycles. The van der Waals surface area contributed by atoms with Gasteiger partial charge in [-0.2, -0.15) is 0 Å². The first-order valence-corrected chi connectivity index (χ1v) is 9.56. The largest absolute Gasteiger partial charge is 0.0985 e. The van der Waals surface area contributed by atoms with Crippen molar-refractivity contribution in [2.24, 2.45) is 0 Å². The monoisotopic (exact) mass is 350 g/mol. The molecule has 0 nitrogen and oxygen atoms in total. The van der Waals surface area contributed by atoms with Crippen molar-refractivity contribution in [3.8, 4) is 0 Å². The lowest BCUT2D eigenvalue weighted by molar-refractivity contribution is 0.654. The second-order valence-electron chi connectivity index (χ2n) is 7.90. The summed E-state index contributed by atoms with van der Waals surface area (Å²) in [5, 5.41) is 0. The molecule has 0 fully saturated rings. The third-order valence-corrected chi connectivity index (χ3v) is 6.04. The van der Waals surface area contributed by atoms with Crippen LogP contribution in [0, 0.1) is 13.8 Å². The van der Waals surface area contributed by atoms with Crippen LogP contribution in [-0.4, -0.2) is 0 Å². The van der Waals surface area contributed by atoms with E-state index in [0.717, 1.165) is 12.0 Å². The minimum Gasteiger partial charge on any atom is -0.0985 e. The van der Waals surface area contributed by atoms with E-state index in [4.69, 9.17) is 0 Å². The van der Waals surface area contributed by atoms with Gasteiger partial charge in [0.1, 0.15) is 0 Å². The molecule has 0 heteroatoms. The Hall–Kier alpha value is -2.86. The van der Waals surface area contributed by atoms with Gasteiger partial charge in [-0.3, -0.25) is 0 Å². The Morgan fingerprint density at radius 3 is 2.22 bits per heavy atom. The van der Waals surface area contributed by atoms with Crippen LogP contribution in [0.3, 0.4) is 0 Å². The van der Waals surface area contributed by atoms with Gasteiger partial charge in [0.25, 0.3) is 0 Å². The topological polar surface area (TPSA) is 0 Å². The minimum atomic E-state index is -0.215. The zero-order valence-electron chi connectivity index (χ0n) is 16.5. The molecule has 0 radical (unpaired) electrons. The molecule has 3 aromatic rings. The summed E-state index contributed by atoms with van der Waals surface area (Å²) in [7, 11) is 0. The van der Waals surface area contributed by atoms with Gasteiger partial charge in [-0.1, -0.05) is 91.0 Å². The fourth-order valence-corrected chi connectivity index (χ4v) is 4.63. The van der Waals surface area contributed by atoms with Gasteiger partial charge in [-0.25, -0.2) is 0 Å². The van der Waals surface area contributed by atoms with Gasteiger partial charge in [-0.15, -0.1) is 0 Å². The molecule has 0 spiro atoms. The van der Waals surface area contributed by atoms with Crippen LogP contribution >= 0.6 is 0 Å². The van der Waals surface area contributed by atoms with Crippen molar-refractivity contribution >= 4 is 5.57 Å². The summed E-state index contributed by atoms with van der Waals surface area (Å²) in [6.45, 7) is 14.9. The van der Waals surface area contributed by atoms with E-state index in [-0.39, 0.29) is 5.41 Å². The summed E-state index contributed by atoms with van der Waals surface area (Å²) in [5.74, 6) is 0. The van der Waals surface area contributed by atoms with Crippen LogP contribution in [0.15, 0.2) is 79.9 Å². The molecule has 1 aliphatic rings. The molecular formula is C27H26. The van der Waals surface area contributed by atoms with Gasteiger partial charge in [-0.05, 0) is 66.1 Å². The van der Waals surface area contributed by atoms with Crippen LogP contribution in [0.25, 0.3) is 5.57 Å².